The molecule has 2 aromatic carbocycles. The molecule has 0 saturated heterocycles. The summed E-state index contributed by atoms with van der Waals surface area (Å²) in [6.45, 7) is 7.02. The van der Waals surface area contributed by atoms with Gasteiger partial charge in [0, 0.05) is 48.2 Å². The molecule has 0 aliphatic rings. The fraction of sp³-hybridized carbons (Fsp3) is 0.143. The topological polar surface area (TPSA) is 168 Å². The monoisotopic (exact) mass is 740 g/mol. The quantitative estimate of drug-likeness (QED) is 0.132. The number of aromatic nitrogens is 8. The average molecular weight is 741 g/mol. The lowest BCUT2D eigenvalue weighted by Gasteiger charge is -2.20. The van der Waals surface area contributed by atoms with E-state index in [0.29, 0.717) is 44.9 Å². The molecule has 8 rings (SSSR count). The number of anilines is 4. The fourth-order valence-corrected chi connectivity index (χ4v) is 5.61. The second-order valence-corrected chi connectivity index (χ2v) is 12.0. The van der Waals surface area contributed by atoms with Crippen LogP contribution >= 0.6 is 11.6 Å². The number of hydrogen-bond donors (Lipinski definition) is 3. The lowest BCUT2D eigenvalue weighted by molar-refractivity contribution is 0.392. The van der Waals surface area contributed by atoms with Crippen molar-refractivity contribution < 1.29 is 27.9 Å². The van der Waals surface area contributed by atoms with E-state index in [1.165, 1.54) is 24.3 Å². The van der Waals surface area contributed by atoms with E-state index in [1.807, 2.05) is 37.9 Å². The van der Waals surface area contributed by atoms with E-state index in [0.717, 1.165) is 34.1 Å². The van der Waals surface area contributed by atoms with Crippen LogP contribution in [0.2, 0.25) is 5.15 Å². The Morgan fingerprint density at radius 3 is 1.91 bits per heavy atom. The van der Waals surface area contributed by atoms with Crippen LogP contribution in [0.5, 0.6) is 0 Å². The number of nitrogens with zero attached hydrogens (tertiary/aromatic N) is 9. The zero-order valence-corrected chi connectivity index (χ0v) is 29.8. The lowest BCUT2D eigenvalue weighted by Crippen LogP contribution is -2.32. The van der Waals surface area contributed by atoms with Gasteiger partial charge < -0.3 is 29.3 Å². The number of nitrogens with one attached hydrogen (secondary N) is 1. The van der Waals surface area contributed by atoms with Crippen LogP contribution < -0.4 is 15.7 Å². The molecule has 0 saturated carbocycles. The Balaban J connectivity index is 0.000000148. The molecule has 0 bridgehead atoms. The molecule has 0 aliphatic heterocycles. The van der Waals surface area contributed by atoms with Gasteiger partial charge in [-0.2, -0.15) is 19.2 Å². The Labute approximate surface area is 306 Å². The van der Waals surface area contributed by atoms with Gasteiger partial charge in [-0.05, 0) is 76.2 Å². The van der Waals surface area contributed by atoms with Crippen molar-refractivity contribution >= 4 is 58.5 Å². The van der Waals surface area contributed by atoms with Crippen LogP contribution in [-0.4, -0.2) is 63.7 Å². The third-order valence-corrected chi connectivity index (χ3v) is 8.17. The molecule has 8 aromatic rings. The van der Waals surface area contributed by atoms with Crippen LogP contribution in [0.25, 0.3) is 22.6 Å². The van der Waals surface area contributed by atoms with Gasteiger partial charge in [0.05, 0.1) is 35.0 Å². The summed E-state index contributed by atoms with van der Waals surface area (Å²) in [7, 11) is 0.381. The predicted molar refractivity (Wildman–Crippen MR) is 196 cm³/mol. The fourth-order valence-electron chi connectivity index (χ4n) is 5.42. The molecular weight excluding hydrogens is 709 g/mol. The lowest BCUT2D eigenvalue weighted by atomic mass is 9.79. The molecule has 0 unspecified atom stereocenters. The van der Waals surface area contributed by atoms with E-state index in [-0.39, 0.29) is 11.6 Å². The Kier molecular flexibility index (Phi) is 10.8. The Bertz CT molecular complexity index is 2440. The first-order valence-corrected chi connectivity index (χ1v) is 16.4. The molecule has 270 valence electrons. The number of aryl methyl sites for hydroxylation is 4. The molecule has 0 amide bonds. The van der Waals surface area contributed by atoms with Crippen LogP contribution in [0.3, 0.4) is 0 Å². The van der Waals surface area contributed by atoms with Crippen LogP contribution in [0.4, 0.5) is 31.8 Å². The maximum Gasteiger partial charge on any atom is 0.494 e. The summed E-state index contributed by atoms with van der Waals surface area (Å²) in [6.07, 6.45) is 3.33. The molecule has 0 atom stereocenters. The van der Waals surface area contributed by atoms with Crippen LogP contribution in [0.1, 0.15) is 22.9 Å². The molecule has 0 aliphatic carbocycles. The molecule has 14 nitrogen and oxygen atoms in total. The van der Waals surface area contributed by atoms with E-state index in [2.05, 4.69) is 40.3 Å². The highest BCUT2D eigenvalue weighted by Crippen LogP contribution is 2.29. The average Bonchev–Trinajstić information content (AvgIpc) is 3.93. The maximum absolute atomic E-state index is 13.1. The van der Waals surface area contributed by atoms with E-state index >= 15 is 0 Å². The number of fused-ring (bicyclic) bond motifs is 2. The molecule has 53 heavy (non-hydrogen) atoms. The first-order valence-electron chi connectivity index (χ1n) is 16.0. The summed E-state index contributed by atoms with van der Waals surface area (Å²) in [6, 6.07) is 19.5. The van der Waals surface area contributed by atoms with Crippen molar-refractivity contribution in [1.29, 1.82) is 0 Å². The molecule has 0 fully saturated rings. The largest absolute Gasteiger partial charge is 0.494 e. The van der Waals surface area contributed by atoms with Crippen molar-refractivity contribution in [3.8, 4) is 11.3 Å². The molecule has 3 N–H and O–H groups in total. The number of benzene rings is 2. The van der Waals surface area contributed by atoms with E-state index < -0.39 is 7.12 Å². The smallest absolute Gasteiger partial charge is 0.423 e. The minimum atomic E-state index is -1.48. The Hall–Kier alpha value is -6.17. The SMILES string of the molecule is CN(c1ccc(F)cc1)c1cc(Cl)nc2ccnn12.Cc1noc(C)c1-c1cc(Nc2ccc(F)cc2)n2nccc2n1.Cc1noc(C)c1B(O)O. The molecule has 0 radical (unpaired) electrons. The van der Waals surface area contributed by atoms with Gasteiger partial charge in [0.25, 0.3) is 0 Å². The van der Waals surface area contributed by atoms with E-state index in [4.69, 9.17) is 26.2 Å². The zero-order chi connectivity index (χ0) is 37.8. The van der Waals surface area contributed by atoms with Gasteiger partial charge in [0.2, 0.25) is 0 Å². The van der Waals surface area contributed by atoms with Gasteiger partial charge in [-0.3, -0.25) is 0 Å². The van der Waals surface area contributed by atoms with E-state index in [9.17, 15) is 8.78 Å². The molecule has 6 heterocycles. The predicted octanol–water partition coefficient (Wildman–Crippen LogP) is 6.14. The van der Waals surface area contributed by atoms with Crippen molar-refractivity contribution in [2.45, 2.75) is 27.7 Å². The summed E-state index contributed by atoms with van der Waals surface area (Å²) >= 11 is 6.00. The first-order chi connectivity index (χ1) is 25.4. The highest BCUT2D eigenvalue weighted by Gasteiger charge is 2.21. The van der Waals surface area contributed by atoms with Crippen molar-refractivity contribution in [3.63, 3.8) is 0 Å². The van der Waals surface area contributed by atoms with Crippen molar-refractivity contribution in [3.05, 3.63) is 125 Å². The van der Waals surface area contributed by atoms with Crippen molar-refractivity contribution in [2.75, 3.05) is 17.3 Å². The summed E-state index contributed by atoms with van der Waals surface area (Å²) in [4.78, 5) is 10.6. The van der Waals surface area contributed by atoms with Crippen LogP contribution in [-0.2, 0) is 0 Å². The Morgan fingerprint density at radius 2 is 1.34 bits per heavy atom. The van der Waals surface area contributed by atoms with Crippen molar-refractivity contribution in [1.82, 2.24) is 39.5 Å². The van der Waals surface area contributed by atoms with E-state index in [1.54, 1.807) is 71.7 Å². The van der Waals surface area contributed by atoms with Gasteiger partial charge in [0.1, 0.15) is 39.9 Å². The third kappa shape index (κ3) is 8.17. The minimum Gasteiger partial charge on any atom is -0.423 e. The van der Waals surface area contributed by atoms with Gasteiger partial charge in [-0.1, -0.05) is 21.9 Å². The normalized spacial score (nSPS) is 10.8. The standard InChI is InChI=1S/C17H14FN5O.C13H10ClFN4.C5H8BNO3/c1-10-17(11(2)24-22-10)14-9-16(23-15(21-14)7-8-19-23)20-13-5-3-12(18)4-6-13;1-18(10-4-2-9(15)3-5-10)13-8-11(14)17-12-6-7-16-19(12)13;1-3-5(6(8)9)4(2)10-7-3/h3-9,20H,1-2H3;2-8H,1H3;8-9H,1-2H3. The number of halogens is 3. The van der Waals surface area contributed by atoms with Gasteiger partial charge in [-0.15, -0.1) is 0 Å². The molecule has 18 heteroatoms. The van der Waals surface area contributed by atoms with Crippen molar-refractivity contribution in [2.24, 2.45) is 0 Å². The maximum atomic E-state index is 13.1. The van der Waals surface area contributed by atoms with Gasteiger partial charge in [-0.25, -0.2) is 18.7 Å². The molecular formula is C35H32BClF2N10O4. The second-order valence-electron chi connectivity index (χ2n) is 11.6. The third-order valence-electron chi connectivity index (χ3n) is 7.98. The van der Waals surface area contributed by atoms with Crippen LogP contribution in [0.15, 0.2) is 94.2 Å². The van der Waals surface area contributed by atoms with Crippen LogP contribution in [0, 0.1) is 39.3 Å². The summed E-state index contributed by atoms with van der Waals surface area (Å²) in [5.74, 6) is 2.08. The Morgan fingerprint density at radius 1 is 0.755 bits per heavy atom. The number of rotatable bonds is 6. The summed E-state index contributed by atoms with van der Waals surface area (Å²) in [5, 5.41) is 37.1. The van der Waals surface area contributed by atoms with Gasteiger partial charge in [0.15, 0.2) is 11.3 Å². The summed E-state index contributed by atoms with van der Waals surface area (Å²) < 4.78 is 39.3. The number of hydrogen-bond acceptors (Lipinski definition) is 12. The highest BCUT2D eigenvalue weighted by atomic mass is 35.5. The first kappa shape index (κ1) is 36.6. The molecule has 6 aromatic heterocycles. The molecule has 0 spiro atoms. The summed E-state index contributed by atoms with van der Waals surface area (Å²) in [5.41, 5.74) is 6.20. The second kappa shape index (κ2) is 15.6. The zero-order valence-electron chi connectivity index (χ0n) is 29.0. The van der Waals surface area contributed by atoms with Gasteiger partial charge >= 0.3 is 7.12 Å². The highest BCUT2D eigenvalue weighted by molar-refractivity contribution is 6.59. The minimum absolute atomic E-state index is 0.269.